The third kappa shape index (κ3) is 3.61. The Balaban J connectivity index is 2.86. The van der Waals surface area contributed by atoms with Crippen LogP contribution in [0.15, 0.2) is 18.2 Å². The topological polar surface area (TPSA) is 113 Å². The van der Waals surface area contributed by atoms with Crippen LogP contribution in [-0.2, 0) is 4.79 Å². The molecule has 0 aliphatic rings. The number of hydrogen-bond donors (Lipinski definition) is 4. The SMILES string of the molecule is Nc1cc(Cl)cc(C(=O)N[C@@H](CO)C(=O)O)c1. The van der Waals surface area contributed by atoms with Crippen molar-refractivity contribution in [2.45, 2.75) is 6.04 Å². The number of nitrogens with two attached hydrogens (primary N) is 1. The standard InChI is InChI=1S/C10H11ClN2O4/c11-6-1-5(2-7(12)3-6)9(15)13-8(4-14)10(16)17/h1-3,8,14H,4,12H2,(H,13,15)(H,16,17)/t8-/m0/s1. The monoisotopic (exact) mass is 258 g/mol. The summed E-state index contributed by atoms with van der Waals surface area (Å²) in [5.41, 5.74) is 5.91. The van der Waals surface area contributed by atoms with Gasteiger partial charge in [-0.15, -0.1) is 0 Å². The summed E-state index contributed by atoms with van der Waals surface area (Å²) in [5, 5.41) is 19.8. The molecule has 0 bridgehead atoms. The largest absolute Gasteiger partial charge is 0.480 e. The number of carboxylic acids is 1. The van der Waals surface area contributed by atoms with Gasteiger partial charge in [0.25, 0.3) is 5.91 Å². The lowest BCUT2D eigenvalue weighted by Gasteiger charge is -2.12. The number of rotatable bonds is 4. The van der Waals surface area contributed by atoms with E-state index >= 15 is 0 Å². The summed E-state index contributed by atoms with van der Waals surface area (Å²) in [5.74, 6) is -1.99. The van der Waals surface area contributed by atoms with Crippen molar-refractivity contribution in [2.75, 3.05) is 12.3 Å². The minimum absolute atomic E-state index is 0.134. The van der Waals surface area contributed by atoms with Gasteiger partial charge in [0.05, 0.1) is 6.61 Å². The van der Waals surface area contributed by atoms with E-state index in [-0.39, 0.29) is 10.6 Å². The van der Waals surface area contributed by atoms with E-state index < -0.39 is 24.5 Å². The van der Waals surface area contributed by atoms with Crippen molar-refractivity contribution < 1.29 is 19.8 Å². The highest BCUT2D eigenvalue weighted by Gasteiger charge is 2.19. The fourth-order valence-corrected chi connectivity index (χ4v) is 1.41. The van der Waals surface area contributed by atoms with Crippen LogP contribution in [0.3, 0.4) is 0 Å². The van der Waals surface area contributed by atoms with Crippen molar-refractivity contribution in [3.63, 3.8) is 0 Å². The van der Waals surface area contributed by atoms with Crippen LogP contribution in [0, 0.1) is 0 Å². The first-order valence-corrected chi connectivity index (χ1v) is 5.02. The van der Waals surface area contributed by atoms with Crippen molar-refractivity contribution in [2.24, 2.45) is 0 Å². The average molecular weight is 259 g/mol. The Morgan fingerprint density at radius 2 is 2.06 bits per heavy atom. The Morgan fingerprint density at radius 3 is 2.53 bits per heavy atom. The second-order valence-electron chi connectivity index (χ2n) is 3.32. The molecule has 0 aliphatic carbocycles. The summed E-state index contributed by atoms with van der Waals surface area (Å²) < 4.78 is 0. The zero-order chi connectivity index (χ0) is 13.0. The first-order valence-electron chi connectivity index (χ1n) is 4.64. The Bertz CT molecular complexity index is 430. The van der Waals surface area contributed by atoms with E-state index in [9.17, 15) is 9.59 Å². The molecule has 6 nitrogen and oxygen atoms in total. The Hall–Kier alpha value is -1.79. The number of nitrogens with one attached hydrogen (secondary N) is 1. The Labute approximate surface area is 102 Å². The van der Waals surface area contributed by atoms with Gasteiger partial charge in [0, 0.05) is 16.3 Å². The molecule has 0 unspecified atom stereocenters. The van der Waals surface area contributed by atoms with Crippen molar-refractivity contribution in [1.29, 1.82) is 0 Å². The summed E-state index contributed by atoms with van der Waals surface area (Å²) in [6.07, 6.45) is 0. The lowest BCUT2D eigenvalue weighted by atomic mass is 10.1. The molecule has 1 rings (SSSR count). The third-order valence-corrected chi connectivity index (χ3v) is 2.19. The molecule has 1 amide bonds. The molecule has 0 saturated carbocycles. The number of carbonyl (C=O) groups is 2. The molecule has 0 aromatic heterocycles. The molecule has 0 saturated heterocycles. The van der Waals surface area contributed by atoms with Crippen molar-refractivity contribution in [3.05, 3.63) is 28.8 Å². The molecule has 0 fully saturated rings. The smallest absolute Gasteiger partial charge is 0.328 e. The van der Waals surface area contributed by atoms with Gasteiger partial charge >= 0.3 is 5.97 Å². The number of carboxylic acid groups (broad SMARTS) is 1. The van der Waals surface area contributed by atoms with Crippen LogP contribution in [0.2, 0.25) is 5.02 Å². The highest BCUT2D eigenvalue weighted by atomic mass is 35.5. The van der Waals surface area contributed by atoms with Gasteiger partial charge in [-0.05, 0) is 18.2 Å². The summed E-state index contributed by atoms with van der Waals surface area (Å²) in [6, 6.07) is 2.81. The number of aliphatic hydroxyl groups excluding tert-OH is 1. The lowest BCUT2D eigenvalue weighted by molar-refractivity contribution is -0.140. The first kappa shape index (κ1) is 13.3. The van der Waals surface area contributed by atoms with E-state index in [1.807, 2.05) is 0 Å². The molecular formula is C10H11ClN2O4. The van der Waals surface area contributed by atoms with Gasteiger partial charge in [0.15, 0.2) is 6.04 Å². The minimum atomic E-state index is -1.36. The maximum Gasteiger partial charge on any atom is 0.328 e. The molecule has 1 aromatic carbocycles. The number of carbonyl (C=O) groups excluding carboxylic acids is 1. The first-order chi connectivity index (χ1) is 7.93. The van der Waals surface area contributed by atoms with Gasteiger partial charge in [-0.25, -0.2) is 4.79 Å². The second-order valence-corrected chi connectivity index (χ2v) is 3.76. The summed E-state index contributed by atoms with van der Waals surface area (Å²) in [4.78, 5) is 22.2. The quantitative estimate of drug-likeness (QED) is 0.572. The van der Waals surface area contributed by atoms with Crippen LogP contribution >= 0.6 is 11.6 Å². The summed E-state index contributed by atoms with van der Waals surface area (Å²) >= 11 is 5.70. The summed E-state index contributed by atoms with van der Waals surface area (Å²) in [7, 11) is 0. The normalized spacial score (nSPS) is 11.9. The number of nitrogen functional groups attached to an aromatic ring is 1. The minimum Gasteiger partial charge on any atom is -0.480 e. The summed E-state index contributed by atoms with van der Waals surface area (Å²) in [6.45, 7) is -0.697. The fraction of sp³-hybridized carbons (Fsp3) is 0.200. The van der Waals surface area contributed by atoms with Crippen LogP contribution in [0.4, 0.5) is 5.69 Å². The van der Waals surface area contributed by atoms with Gasteiger partial charge in [-0.2, -0.15) is 0 Å². The van der Waals surface area contributed by atoms with Crippen LogP contribution in [0.5, 0.6) is 0 Å². The van der Waals surface area contributed by atoms with E-state index in [1.54, 1.807) is 0 Å². The van der Waals surface area contributed by atoms with E-state index in [1.165, 1.54) is 18.2 Å². The second kappa shape index (κ2) is 5.51. The predicted octanol–water partition coefficient (Wildman–Crippen LogP) is 0.0975. The zero-order valence-corrected chi connectivity index (χ0v) is 9.44. The number of aliphatic carboxylic acids is 1. The van der Waals surface area contributed by atoms with Gasteiger partial charge in [-0.1, -0.05) is 11.6 Å². The van der Waals surface area contributed by atoms with Crippen LogP contribution in [-0.4, -0.2) is 34.7 Å². The molecule has 17 heavy (non-hydrogen) atoms. The molecular weight excluding hydrogens is 248 g/mol. The number of amides is 1. The number of aliphatic hydroxyl groups is 1. The van der Waals surface area contributed by atoms with Gasteiger partial charge in [-0.3, -0.25) is 4.79 Å². The lowest BCUT2D eigenvalue weighted by Crippen LogP contribution is -2.43. The van der Waals surface area contributed by atoms with Crippen molar-refractivity contribution >= 4 is 29.2 Å². The fourth-order valence-electron chi connectivity index (χ4n) is 1.17. The van der Waals surface area contributed by atoms with Crippen LogP contribution < -0.4 is 11.1 Å². The third-order valence-electron chi connectivity index (χ3n) is 1.97. The Morgan fingerprint density at radius 1 is 1.41 bits per heavy atom. The van der Waals surface area contributed by atoms with Crippen molar-refractivity contribution in [1.82, 2.24) is 5.32 Å². The molecule has 1 atom stereocenters. The van der Waals surface area contributed by atoms with E-state index in [0.29, 0.717) is 5.69 Å². The Kier molecular flexibility index (Phi) is 4.30. The van der Waals surface area contributed by atoms with Crippen LogP contribution in [0.25, 0.3) is 0 Å². The van der Waals surface area contributed by atoms with E-state index in [4.69, 9.17) is 27.5 Å². The van der Waals surface area contributed by atoms with Crippen molar-refractivity contribution in [3.8, 4) is 0 Å². The van der Waals surface area contributed by atoms with Crippen LogP contribution in [0.1, 0.15) is 10.4 Å². The molecule has 0 heterocycles. The van der Waals surface area contributed by atoms with Gasteiger partial charge < -0.3 is 21.3 Å². The maximum atomic E-state index is 11.6. The highest BCUT2D eigenvalue weighted by Crippen LogP contribution is 2.16. The molecule has 1 aromatic rings. The molecule has 0 aliphatic heterocycles. The molecule has 5 N–H and O–H groups in total. The molecule has 7 heteroatoms. The number of anilines is 1. The number of halogens is 1. The van der Waals surface area contributed by atoms with E-state index in [0.717, 1.165) is 0 Å². The number of hydrogen-bond acceptors (Lipinski definition) is 4. The highest BCUT2D eigenvalue weighted by molar-refractivity contribution is 6.31. The van der Waals surface area contributed by atoms with E-state index in [2.05, 4.69) is 5.32 Å². The van der Waals surface area contributed by atoms with Gasteiger partial charge in [0.2, 0.25) is 0 Å². The maximum absolute atomic E-state index is 11.6. The average Bonchev–Trinajstić information content (AvgIpc) is 2.23. The molecule has 92 valence electrons. The number of benzene rings is 1. The van der Waals surface area contributed by atoms with Gasteiger partial charge in [0.1, 0.15) is 0 Å². The molecule has 0 spiro atoms. The zero-order valence-electron chi connectivity index (χ0n) is 8.68. The predicted molar refractivity (Wildman–Crippen MR) is 61.8 cm³/mol. The molecule has 0 radical (unpaired) electrons.